The van der Waals surface area contributed by atoms with E-state index in [0.29, 0.717) is 37.9 Å². The summed E-state index contributed by atoms with van der Waals surface area (Å²) in [6, 6.07) is -1.32. The van der Waals surface area contributed by atoms with Crippen LogP contribution in [0.1, 0.15) is 137 Å². The molecule has 28 heteroatoms. The molecule has 0 spiro atoms. The Labute approximate surface area is 588 Å². The molecule has 5 rings (SSSR count). The zero-order valence-corrected chi connectivity index (χ0v) is 61.4. The number of fused-ring (bicyclic) bond motifs is 1. The van der Waals surface area contributed by atoms with Gasteiger partial charge in [-0.1, -0.05) is 72.2 Å². The summed E-state index contributed by atoms with van der Waals surface area (Å²) in [6.07, 6.45) is 2.33. The molecule has 24 nitrogen and oxygen atoms in total. The molecule has 12 amide bonds. The number of benzene rings is 2. The molecule has 540 valence electrons. The third-order valence-corrected chi connectivity index (χ3v) is 19.8. The van der Waals surface area contributed by atoms with Crippen LogP contribution in [-0.2, 0) is 76.6 Å². The molecule has 1 unspecified atom stereocenters. The molecule has 98 heavy (non-hydrogen) atoms. The number of nitrogens with one attached hydrogen (secondary N) is 4. The maximum atomic E-state index is 15.1. The zero-order valence-electron chi connectivity index (χ0n) is 59.2. The second kappa shape index (κ2) is 35.3. The van der Waals surface area contributed by atoms with Gasteiger partial charge in [0, 0.05) is 84.8 Å². The smallest absolute Gasteiger partial charge is 0.342 e. The predicted octanol–water partition coefficient (Wildman–Crippen LogP) is 4.24. The van der Waals surface area contributed by atoms with Gasteiger partial charge >= 0.3 is 6.18 Å². The summed E-state index contributed by atoms with van der Waals surface area (Å²) in [5.74, 6) is -7.73. The average molecular weight is 1490 g/mol. The van der Waals surface area contributed by atoms with Crippen molar-refractivity contribution in [1.29, 1.82) is 0 Å². The molecule has 3 saturated heterocycles. The molecule has 0 radical (unpaired) electrons. The first-order valence-electron chi connectivity index (χ1n) is 33.5. The number of rotatable bonds is 12. The summed E-state index contributed by atoms with van der Waals surface area (Å²) in [5.41, 5.74) is -2.02. The fraction of sp³-hybridized carbons (Fsp3) is 0.629. The summed E-state index contributed by atoms with van der Waals surface area (Å²) < 4.78 is 42.1. The molecule has 0 aromatic heterocycles. The number of terminal acetylenes is 1. The fourth-order valence-corrected chi connectivity index (χ4v) is 12.8. The van der Waals surface area contributed by atoms with Gasteiger partial charge in [-0.05, 0) is 135 Å². The van der Waals surface area contributed by atoms with Gasteiger partial charge in [0.2, 0.25) is 70.9 Å². The van der Waals surface area contributed by atoms with Crippen LogP contribution in [0.2, 0.25) is 0 Å². The molecule has 2 aromatic carbocycles. The van der Waals surface area contributed by atoms with Crippen LogP contribution in [-0.4, -0.2) is 238 Å². The van der Waals surface area contributed by atoms with Crippen LogP contribution >= 0.6 is 22.6 Å². The molecule has 0 saturated carbocycles. The second-order valence-electron chi connectivity index (χ2n) is 27.6. The molecule has 0 aliphatic carbocycles. The molecule has 3 aliphatic rings. The van der Waals surface area contributed by atoms with Gasteiger partial charge in [-0.3, -0.25) is 57.5 Å². The lowest BCUT2D eigenvalue weighted by atomic mass is 9.94. The predicted molar refractivity (Wildman–Crippen MR) is 369 cm³/mol. The number of likely N-dealkylation sites (N-methyl/N-ethyl adjacent to an activating group) is 6. The molecule has 3 heterocycles. The number of hydrogen-bond donors (Lipinski definition) is 4. The first-order chi connectivity index (χ1) is 45.8. The number of hydrogen-bond acceptors (Lipinski definition) is 12. The van der Waals surface area contributed by atoms with Crippen LogP contribution in [0.5, 0.6) is 0 Å². The molecule has 3 aliphatic heterocycles. The highest BCUT2D eigenvalue weighted by molar-refractivity contribution is 14.1. The Balaban J connectivity index is 1.64. The number of likely N-dealkylation sites (tertiary alicyclic amines) is 1. The Hall–Kier alpha value is -7.84. The Morgan fingerprint density at radius 3 is 1.84 bits per heavy atom. The lowest BCUT2D eigenvalue weighted by Crippen LogP contribution is -2.65. The molecule has 10 atom stereocenters. The van der Waals surface area contributed by atoms with E-state index in [-0.39, 0.29) is 56.0 Å². The van der Waals surface area contributed by atoms with Gasteiger partial charge in [-0.25, -0.2) is 0 Å². The van der Waals surface area contributed by atoms with Crippen molar-refractivity contribution < 1.29 is 70.7 Å². The number of amides is 12. The lowest BCUT2D eigenvalue weighted by Gasteiger charge is -2.45. The van der Waals surface area contributed by atoms with Crippen LogP contribution in [0, 0.1) is 33.7 Å². The van der Waals surface area contributed by atoms with Crippen LogP contribution < -0.4 is 21.3 Å². The van der Waals surface area contributed by atoms with Crippen molar-refractivity contribution in [2.45, 2.75) is 199 Å². The van der Waals surface area contributed by atoms with Gasteiger partial charge in [0.1, 0.15) is 59.9 Å². The molecular weight excluding hydrogens is 1380 g/mol. The Morgan fingerprint density at radius 1 is 0.663 bits per heavy atom. The Morgan fingerprint density at radius 2 is 1.29 bits per heavy atom. The van der Waals surface area contributed by atoms with E-state index in [9.17, 15) is 65.9 Å². The highest BCUT2D eigenvalue weighted by Gasteiger charge is 2.47. The molecule has 4 N–H and O–H groups in total. The van der Waals surface area contributed by atoms with E-state index in [1.54, 1.807) is 43.0 Å². The number of carbonyl (C=O) groups is 12. The van der Waals surface area contributed by atoms with Crippen LogP contribution in [0.3, 0.4) is 0 Å². The SMILES string of the molecule is C#CC[C@@H]1NC(=O)[C@H](Cc2cccc(I)c2)NC(=O)CN(C)C(=O)[C@H](Cc2ccc(C(F)(F)F)cc2)N(C)C(=O)[C@@H]2CCN2C(=O)[C@H](C)N(C)C(=O)[C@H]([C@@H](C)CC)NC(=O)C(CC(C)C)N(C)C(=O)C[C@@H](C(=O)N2CCCCC2)N(C)C(=O)[C@H](CC(C)C)NC(=O)C(C)(C)N(C)C1=O. The highest BCUT2D eigenvalue weighted by Crippen LogP contribution is 2.31. The largest absolute Gasteiger partial charge is 0.416 e. The Kier molecular flexibility index (Phi) is 29.1. The monoisotopic (exact) mass is 1480 g/mol. The van der Waals surface area contributed by atoms with Crippen molar-refractivity contribution in [3.8, 4) is 12.3 Å². The minimum absolute atomic E-state index is 0.0298. The topological polar surface area (TPSA) is 279 Å². The molecule has 3 fully saturated rings. The van der Waals surface area contributed by atoms with Gasteiger partial charge in [0.25, 0.3) is 0 Å². The van der Waals surface area contributed by atoms with Crippen LogP contribution in [0.4, 0.5) is 13.2 Å². The number of halogens is 4. The maximum absolute atomic E-state index is 15.1. The van der Waals surface area contributed by atoms with Crippen molar-refractivity contribution in [2.75, 3.05) is 68.5 Å². The van der Waals surface area contributed by atoms with Gasteiger partial charge < -0.3 is 60.5 Å². The lowest BCUT2D eigenvalue weighted by molar-refractivity contribution is -0.160. The normalized spacial score (nSPS) is 25.5. The minimum Gasteiger partial charge on any atom is -0.342 e. The van der Waals surface area contributed by atoms with Crippen molar-refractivity contribution in [3.63, 3.8) is 0 Å². The highest BCUT2D eigenvalue weighted by atomic mass is 127. The maximum Gasteiger partial charge on any atom is 0.416 e. The van der Waals surface area contributed by atoms with Crippen molar-refractivity contribution in [3.05, 3.63) is 68.8 Å². The number of alkyl halides is 3. The van der Waals surface area contributed by atoms with Gasteiger partial charge in [0.15, 0.2) is 0 Å². The number of nitrogens with zero attached hydrogens (tertiary/aromatic N) is 8. The quantitative estimate of drug-likeness (QED) is 0.172. The number of piperidine rings is 1. The van der Waals surface area contributed by atoms with Gasteiger partial charge in [-0.2, -0.15) is 13.2 Å². The summed E-state index contributed by atoms with van der Waals surface area (Å²) in [6.45, 7) is 15.1. The first kappa shape index (κ1) is 80.8. The summed E-state index contributed by atoms with van der Waals surface area (Å²) in [4.78, 5) is 187. The first-order valence-corrected chi connectivity index (χ1v) is 34.6. The minimum atomic E-state index is -4.70. The van der Waals surface area contributed by atoms with Crippen LogP contribution in [0.25, 0.3) is 0 Å². The van der Waals surface area contributed by atoms with E-state index < -0.39 is 168 Å². The van der Waals surface area contributed by atoms with E-state index >= 15 is 4.79 Å². The van der Waals surface area contributed by atoms with E-state index in [4.69, 9.17) is 6.42 Å². The molecular formula is C70H100F3IN12O12. The number of carbonyl (C=O) groups excluding carboxylic acids is 12. The van der Waals surface area contributed by atoms with E-state index in [1.807, 2.05) is 27.7 Å². The molecule has 0 bridgehead atoms. The summed E-state index contributed by atoms with van der Waals surface area (Å²) in [5, 5.41) is 11.0. The van der Waals surface area contributed by atoms with E-state index in [1.165, 1.54) is 72.9 Å². The Bertz CT molecular complexity index is 3280. The van der Waals surface area contributed by atoms with Gasteiger partial charge in [-0.15, -0.1) is 12.3 Å². The zero-order chi connectivity index (χ0) is 73.6. The third-order valence-electron chi connectivity index (χ3n) is 19.2. The third kappa shape index (κ3) is 20.6. The molecule has 2 aromatic rings. The van der Waals surface area contributed by atoms with Crippen molar-refractivity contribution in [2.24, 2.45) is 17.8 Å². The van der Waals surface area contributed by atoms with Crippen molar-refractivity contribution >= 4 is 93.5 Å². The van der Waals surface area contributed by atoms with Crippen molar-refractivity contribution in [1.82, 2.24) is 60.5 Å². The fourth-order valence-electron chi connectivity index (χ4n) is 12.1. The van der Waals surface area contributed by atoms with Gasteiger partial charge in [0.05, 0.1) is 18.5 Å². The van der Waals surface area contributed by atoms with Crippen LogP contribution in [0.15, 0.2) is 48.5 Å². The second-order valence-corrected chi connectivity index (χ2v) is 28.9. The summed E-state index contributed by atoms with van der Waals surface area (Å²) in [7, 11) is 7.97. The summed E-state index contributed by atoms with van der Waals surface area (Å²) >= 11 is 2.07. The van der Waals surface area contributed by atoms with E-state index in [2.05, 4.69) is 49.8 Å². The van der Waals surface area contributed by atoms with E-state index in [0.717, 1.165) is 58.8 Å². The average Bonchev–Trinajstić information content (AvgIpc) is 0.783. The standard InChI is InChI=1S/C70H100F3IN12O12/c1-17-23-49-63(93)84(16)69(9,10)68(98)77-51(34-41(3)4)62(92)82(14)55(66(96)85-31-20-19-21-32-85)39-57(88)81(13)53(35-42(5)6)60(90)78-58(43(7)18-2)67(97)80(12)44(8)61(91)86-33-30-52(86)65(95)83(15)54(38-45-26-28-47(29-27-45)70(71,72)73)64(94)79(11)40-56(87)75-50(59(89)76-49)37-46-24-22-25-48(74)36-46/h1,22,24-29,36,41-44,49-55,58H,18-21,23,30-35,37-40H2,2-16H3,(H,75,87)(H,76,89)(H,77,98)(H,78,90)/t43-,44-,49-,50-,51-,52-,53?,54-,55-,58-/m0/s1.